The van der Waals surface area contributed by atoms with Gasteiger partial charge in [0.05, 0.1) is 30.3 Å². The van der Waals surface area contributed by atoms with Crippen LogP contribution in [0.3, 0.4) is 0 Å². The predicted octanol–water partition coefficient (Wildman–Crippen LogP) is 5.17. The molecular weight excluding hydrogens is 350 g/mol. The summed E-state index contributed by atoms with van der Waals surface area (Å²) in [5.41, 5.74) is 5.59. The Morgan fingerprint density at radius 1 is 1.00 bits per heavy atom. The van der Waals surface area contributed by atoms with Crippen molar-refractivity contribution in [3.8, 4) is 22.8 Å². The molecule has 0 aliphatic rings. The number of methoxy groups -OCH3 is 1. The first-order valence-corrected chi connectivity index (χ1v) is 9.67. The van der Waals surface area contributed by atoms with E-state index in [9.17, 15) is 4.79 Å². The zero-order valence-electron chi connectivity index (χ0n) is 17.8. The van der Waals surface area contributed by atoms with Crippen LogP contribution < -0.4 is 14.9 Å². The number of rotatable bonds is 5. The Morgan fingerprint density at radius 3 is 2.29 bits per heavy atom. The molecule has 1 aromatic heterocycles. The molecule has 0 aliphatic carbocycles. The van der Waals surface area contributed by atoms with Crippen LogP contribution >= 0.6 is 0 Å². The van der Waals surface area contributed by atoms with Gasteiger partial charge in [-0.1, -0.05) is 13.8 Å². The summed E-state index contributed by atoms with van der Waals surface area (Å²) in [6.07, 6.45) is 0. The molecule has 3 aromatic rings. The molecule has 0 spiro atoms. The maximum absolute atomic E-state index is 13.3. The number of aryl methyl sites for hydroxylation is 3. The molecule has 3 rings (SSSR count). The van der Waals surface area contributed by atoms with Crippen LogP contribution in [0, 0.1) is 26.7 Å². The molecule has 2 aromatic carbocycles. The van der Waals surface area contributed by atoms with Crippen molar-refractivity contribution in [3.05, 3.63) is 57.2 Å². The number of nitrogens with zero attached hydrogens (tertiary/aromatic N) is 1. The van der Waals surface area contributed by atoms with Crippen LogP contribution in [0.4, 0.5) is 0 Å². The minimum absolute atomic E-state index is 0.0593. The number of hydrogen-bond donors (Lipinski definition) is 0. The summed E-state index contributed by atoms with van der Waals surface area (Å²) >= 11 is 0. The van der Waals surface area contributed by atoms with E-state index in [2.05, 4.69) is 24.5 Å². The molecule has 0 radical (unpaired) electrons. The maximum Gasteiger partial charge on any atom is 0.193 e. The van der Waals surface area contributed by atoms with Crippen LogP contribution in [0.25, 0.3) is 22.2 Å². The number of benzene rings is 2. The van der Waals surface area contributed by atoms with Gasteiger partial charge in [-0.2, -0.15) is 0 Å². The van der Waals surface area contributed by atoms with Crippen LogP contribution in [-0.2, 0) is 7.05 Å². The van der Waals surface area contributed by atoms with Gasteiger partial charge in [0, 0.05) is 18.2 Å². The average molecular weight is 380 g/mol. The van der Waals surface area contributed by atoms with Crippen molar-refractivity contribution in [2.45, 2.75) is 34.6 Å². The van der Waals surface area contributed by atoms with E-state index in [0.717, 1.165) is 50.3 Å². The second-order valence-corrected chi connectivity index (χ2v) is 7.83. The van der Waals surface area contributed by atoms with Gasteiger partial charge in [0.15, 0.2) is 5.43 Å². The number of fused-ring (bicyclic) bond motifs is 1. The third-order valence-corrected chi connectivity index (χ3v) is 5.25. The third kappa shape index (κ3) is 3.39. The molecule has 4 nitrogen and oxygen atoms in total. The summed E-state index contributed by atoms with van der Waals surface area (Å²) in [6, 6.07) is 9.98. The topological polar surface area (TPSA) is 40.5 Å². The van der Waals surface area contributed by atoms with Crippen LogP contribution in [0.2, 0.25) is 0 Å². The third-order valence-electron chi connectivity index (χ3n) is 5.25. The molecule has 1 heterocycles. The first-order valence-electron chi connectivity index (χ1n) is 9.67. The summed E-state index contributed by atoms with van der Waals surface area (Å²) < 4.78 is 13.4. The number of ether oxygens (including phenoxy) is 2. The molecular formula is C24H29NO3. The summed E-state index contributed by atoms with van der Waals surface area (Å²) in [7, 11) is 3.68. The largest absolute Gasteiger partial charge is 0.496 e. The molecule has 0 unspecified atom stereocenters. The van der Waals surface area contributed by atoms with E-state index in [4.69, 9.17) is 9.47 Å². The Labute approximate surface area is 166 Å². The van der Waals surface area contributed by atoms with Crippen molar-refractivity contribution in [1.82, 2.24) is 4.57 Å². The quantitative estimate of drug-likeness (QED) is 0.614. The van der Waals surface area contributed by atoms with Crippen molar-refractivity contribution in [2.75, 3.05) is 13.7 Å². The van der Waals surface area contributed by atoms with Gasteiger partial charge in [-0.25, -0.2) is 0 Å². The molecule has 0 N–H and O–H groups in total. The molecule has 0 amide bonds. The fourth-order valence-electron chi connectivity index (χ4n) is 3.76. The summed E-state index contributed by atoms with van der Waals surface area (Å²) in [5, 5.41) is 0.732. The van der Waals surface area contributed by atoms with E-state index in [-0.39, 0.29) is 5.43 Å². The smallest absolute Gasteiger partial charge is 0.193 e. The maximum atomic E-state index is 13.3. The zero-order valence-corrected chi connectivity index (χ0v) is 17.8. The van der Waals surface area contributed by atoms with E-state index in [1.165, 1.54) is 0 Å². The van der Waals surface area contributed by atoms with Crippen LogP contribution in [0.15, 0.2) is 35.1 Å². The van der Waals surface area contributed by atoms with Gasteiger partial charge in [-0.15, -0.1) is 0 Å². The van der Waals surface area contributed by atoms with Crippen LogP contribution in [0.5, 0.6) is 11.5 Å². The summed E-state index contributed by atoms with van der Waals surface area (Å²) in [6.45, 7) is 10.7. The van der Waals surface area contributed by atoms with E-state index < -0.39 is 0 Å². The van der Waals surface area contributed by atoms with Gasteiger partial charge >= 0.3 is 0 Å². The molecule has 0 fully saturated rings. The fraction of sp³-hybridized carbons (Fsp3) is 0.375. The van der Waals surface area contributed by atoms with E-state index in [1.807, 2.05) is 52.1 Å². The van der Waals surface area contributed by atoms with Crippen molar-refractivity contribution < 1.29 is 9.47 Å². The monoisotopic (exact) mass is 379 g/mol. The van der Waals surface area contributed by atoms with Gasteiger partial charge in [0.1, 0.15) is 11.5 Å². The Kier molecular flexibility index (Phi) is 5.50. The Morgan fingerprint density at radius 2 is 1.68 bits per heavy atom. The van der Waals surface area contributed by atoms with Gasteiger partial charge < -0.3 is 14.0 Å². The molecule has 0 aliphatic heterocycles. The highest BCUT2D eigenvalue weighted by atomic mass is 16.5. The molecule has 28 heavy (non-hydrogen) atoms. The lowest BCUT2D eigenvalue weighted by molar-refractivity contribution is 0.270. The minimum Gasteiger partial charge on any atom is -0.496 e. The fourth-order valence-corrected chi connectivity index (χ4v) is 3.76. The van der Waals surface area contributed by atoms with Crippen molar-refractivity contribution in [1.29, 1.82) is 0 Å². The van der Waals surface area contributed by atoms with Crippen molar-refractivity contribution in [2.24, 2.45) is 13.0 Å². The number of pyridine rings is 1. The molecule has 0 saturated heterocycles. The number of hydrogen-bond acceptors (Lipinski definition) is 3. The van der Waals surface area contributed by atoms with Crippen LogP contribution in [0.1, 0.15) is 30.5 Å². The lowest BCUT2D eigenvalue weighted by atomic mass is 9.99. The molecule has 0 saturated carbocycles. The highest BCUT2D eigenvalue weighted by molar-refractivity contribution is 5.88. The lowest BCUT2D eigenvalue weighted by Crippen LogP contribution is -2.16. The standard InChI is InChI=1S/C24H29NO3/c1-14(2)13-28-21-11-9-19-22(16(21)4)24(26)17(5)23(25(19)6)18-8-10-20(27-7)15(3)12-18/h8-12,14H,13H2,1-7H3. The van der Waals surface area contributed by atoms with Crippen LogP contribution in [-0.4, -0.2) is 18.3 Å². The minimum atomic E-state index is 0.0593. The Hall–Kier alpha value is -2.75. The lowest BCUT2D eigenvalue weighted by Gasteiger charge is -2.19. The van der Waals surface area contributed by atoms with Crippen molar-refractivity contribution >= 4 is 10.9 Å². The van der Waals surface area contributed by atoms with E-state index in [1.54, 1.807) is 7.11 Å². The van der Waals surface area contributed by atoms with Gasteiger partial charge in [-0.05, 0) is 68.1 Å². The second-order valence-electron chi connectivity index (χ2n) is 7.83. The highest BCUT2D eigenvalue weighted by Gasteiger charge is 2.18. The molecule has 4 heteroatoms. The Bertz CT molecular complexity index is 1090. The van der Waals surface area contributed by atoms with E-state index in [0.29, 0.717) is 12.5 Å². The Balaban J connectivity index is 2.24. The molecule has 0 atom stereocenters. The number of aromatic nitrogens is 1. The SMILES string of the molecule is COc1ccc(-c2c(C)c(=O)c3c(C)c(OCC(C)C)ccc3n2C)cc1C. The average Bonchev–Trinajstić information content (AvgIpc) is 2.65. The van der Waals surface area contributed by atoms with Crippen molar-refractivity contribution in [3.63, 3.8) is 0 Å². The summed E-state index contributed by atoms with van der Waals surface area (Å²) in [5.74, 6) is 2.06. The van der Waals surface area contributed by atoms with Gasteiger partial charge in [0.2, 0.25) is 0 Å². The molecule has 0 bridgehead atoms. The highest BCUT2D eigenvalue weighted by Crippen LogP contribution is 2.32. The normalized spacial score (nSPS) is 11.3. The second kappa shape index (κ2) is 7.70. The van der Waals surface area contributed by atoms with E-state index >= 15 is 0 Å². The molecule has 148 valence electrons. The van der Waals surface area contributed by atoms with Gasteiger partial charge in [0.25, 0.3) is 0 Å². The summed E-state index contributed by atoms with van der Waals surface area (Å²) in [4.78, 5) is 13.3. The predicted molar refractivity (Wildman–Crippen MR) is 116 cm³/mol. The zero-order chi connectivity index (χ0) is 20.6. The first kappa shape index (κ1) is 20.0. The first-order chi connectivity index (χ1) is 13.3. The van der Waals surface area contributed by atoms with Gasteiger partial charge in [-0.3, -0.25) is 4.79 Å².